The van der Waals surface area contributed by atoms with Crippen molar-refractivity contribution in [3.63, 3.8) is 0 Å². The van der Waals surface area contributed by atoms with Crippen molar-refractivity contribution < 1.29 is 13.2 Å². The van der Waals surface area contributed by atoms with Crippen LogP contribution in [0.1, 0.15) is 25.7 Å². The predicted molar refractivity (Wildman–Crippen MR) is 74.2 cm³/mol. The van der Waals surface area contributed by atoms with Gasteiger partial charge in [0.1, 0.15) is 0 Å². The highest BCUT2D eigenvalue weighted by Crippen LogP contribution is 2.43. The zero-order valence-corrected chi connectivity index (χ0v) is 12.7. The first-order valence-corrected chi connectivity index (χ1v) is 9.34. The Labute approximate surface area is 119 Å². The van der Waals surface area contributed by atoms with Crippen LogP contribution in [0.25, 0.3) is 0 Å². The van der Waals surface area contributed by atoms with Crippen molar-refractivity contribution in [2.24, 2.45) is 11.3 Å². The van der Waals surface area contributed by atoms with E-state index in [-0.39, 0.29) is 28.9 Å². The van der Waals surface area contributed by atoms with Crippen LogP contribution in [0.3, 0.4) is 0 Å². The summed E-state index contributed by atoms with van der Waals surface area (Å²) in [4.78, 5) is 0. The molecule has 0 spiro atoms. The third-order valence-corrected chi connectivity index (χ3v) is 7.12. The number of ether oxygens (including phenoxy) is 1. The molecule has 0 bridgehead atoms. The van der Waals surface area contributed by atoms with Crippen molar-refractivity contribution in [2.45, 2.75) is 31.8 Å². The molecule has 2 fully saturated rings. The van der Waals surface area contributed by atoms with Crippen LogP contribution in [-0.2, 0) is 14.6 Å². The van der Waals surface area contributed by atoms with Crippen molar-refractivity contribution in [1.29, 1.82) is 0 Å². The molecule has 0 amide bonds. The third kappa shape index (κ3) is 3.14. The van der Waals surface area contributed by atoms with Gasteiger partial charge in [0, 0.05) is 23.8 Å². The molecule has 106 valence electrons. The minimum atomic E-state index is -2.89. The lowest BCUT2D eigenvalue weighted by atomic mass is 9.74. The molecule has 18 heavy (non-hydrogen) atoms. The van der Waals surface area contributed by atoms with Gasteiger partial charge in [-0.3, -0.25) is 0 Å². The molecule has 0 aromatic heterocycles. The van der Waals surface area contributed by atoms with Gasteiger partial charge in [-0.25, -0.2) is 8.42 Å². The van der Waals surface area contributed by atoms with E-state index in [2.05, 4.69) is 0 Å². The summed E-state index contributed by atoms with van der Waals surface area (Å²) in [5, 5.41) is 0. The average molecular weight is 315 g/mol. The van der Waals surface area contributed by atoms with Gasteiger partial charge in [-0.2, -0.15) is 0 Å². The van der Waals surface area contributed by atoms with E-state index < -0.39 is 9.84 Å². The highest BCUT2D eigenvalue weighted by Gasteiger charge is 2.45. The van der Waals surface area contributed by atoms with Gasteiger partial charge in [-0.15, -0.1) is 23.2 Å². The molecule has 2 atom stereocenters. The van der Waals surface area contributed by atoms with E-state index in [1.54, 1.807) is 0 Å². The fraction of sp³-hybridized carbons (Fsp3) is 1.00. The van der Waals surface area contributed by atoms with Crippen molar-refractivity contribution in [3.05, 3.63) is 0 Å². The van der Waals surface area contributed by atoms with Crippen LogP contribution in [0, 0.1) is 11.3 Å². The maximum atomic E-state index is 11.6. The molecule has 0 aromatic carbocycles. The third-order valence-electron chi connectivity index (χ3n) is 4.29. The van der Waals surface area contributed by atoms with E-state index in [1.807, 2.05) is 0 Å². The molecular formula is C12H20Cl2O3S. The number of halogens is 2. The van der Waals surface area contributed by atoms with Gasteiger partial charge in [-0.1, -0.05) is 0 Å². The second kappa shape index (κ2) is 5.86. The van der Waals surface area contributed by atoms with Gasteiger partial charge in [0.15, 0.2) is 9.84 Å². The van der Waals surface area contributed by atoms with E-state index in [9.17, 15) is 8.42 Å². The van der Waals surface area contributed by atoms with Crippen molar-refractivity contribution in [3.8, 4) is 0 Å². The zero-order valence-electron chi connectivity index (χ0n) is 10.4. The summed E-state index contributed by atoms with van der Waals surface area (Å²) in [6.45, 7) is 0.800. The zero-order chi connectivity index (χ0) is 13.2. The second-order valence-corrected chi connectivity index (χ2v) is 8.33. The topological polar surface area (TPSA) is 43.4 Å². The average Bonchev–Trinajstić information content (AvgIpc) is 2.95. The summed E-state index contributed by atoms with van der Waals surface area (Å²) in [5.41, 5.74) is -0.290. The van der Waals surface area contributed by atoms with Gasteiger partial charge in [0.25, 0.3) is 0 Å². The lowest BCUT2D eigenvalue weighted by Gasteiger charge is -2.37. The molecule has 6 heteroatoms. The lowest BCUT2D eigenvalue weighted by Crippen LogP contribution is -2.38. The number of sulfone groups is 1. The molecule has 0 aromatic rings. The predicted octanol–water partition coefficient (Wildman–Crippen LogP) is 2.45. The summed E-state index contributed by atoms with van der Waals surface area (Å²) in [6, 6.07) is 0. The molecule has 0 aliphatic carbocycles. The van der Waals surface area contributed by atoms with Crippen molar-refractivity contribution in [2.75, 3.05) is 29.9 Å². The summed E-state index contributed by atoms with van der Waals surface area (Å²) in [6.07, 6.45) is 3.80. The fourth-order valence-corrected chi connectivity index (χ4v) is 5.95. The van der Waals surface area contributed by atoms with E-state index in [0.29, 0.717) is 18.2 Å². The molecule has 2 aliphatic rings. The highest BCUT2D eigenvalue weighted by molar-refractivity contribution is 7.91. The van der Waals surface area contributed by atoms with Gasteiger partial charge in [0.2, 0.25) is 0 Å². The molecule has 2 saturated heterocycles. The van der Waals surface area contributed by atoms with E-state index in [4.69, 9.17) is 27.9 Å². The standard InChI is InChI=1S/C12H20Cl2O3S/c13-8-12(9-14,6-11-2-1-4-17-11)10-3-5-18(15,16)7-10/h10-11H,1-9H2. The molecule has 0 radical (unpaired) electrons. The van der Waals surface area contributed by atoms with Crippen LogP contribution in [0.5, 0.6) is 0 Å². The van der Waals surface area contributed by atoms with Crippen LogP contribution in [0.2, 0.25) is 0 Å². The maximum Gasteiger partial charge on any atom is 0.150 e. The molecule has 2 unspecified atom stereocenters. The Morgan fingerprint density at radius 3 is 2.39 bits per heavy atom. The Kier molecular flexibility index (Phi) is 4.85. The summed E-state index contributed by atoms with van der Waals surface area (Å²) in [5.74, 6) is 1.42. The van der Waals surface area contributed by atoms with Crippen LogP contribution in [0.15, 0.2) is 0 Å². The first-order valence-electron chi connectivity index (χ1n) is 6.45. The quantitative estimate of drug-likeness (QED) is 0.732. The van der Waals surface area contributed by atoms with Gasteiger partial charge < -0.3 is 4.74 Å². The Hall–Kier alpha value is 0.490. The Morgan fingerprint density at radius 2 is 1.94 bits per heavy atom. The van der Waals surface area contributed by atoms with Gasteiger partial charge >= 0.3 is 0 Å². The summed E-state index contributed by atoms with van der Waals surface area (Å²) >= 11 is 12.3. The first kappa shape index (κ1) is 14.9. The molecular weight excluding hydrogens is 295 g/mol. The summed E-state index contributed by atoms with van der Waals surface area (Å²) in [7, 11) is -2.89. The lowest BCUT2D eigenvalue weighted by molar-refractivity contribution is 0.0569. The van der Waals surface area contributed by atoms with Gasteiger partial charge in [0.05, 0.1) is 17.6 Å². The van der Waals surface area contributed by atoms with Gasteiger partial charge in [-0.05, 0) is 31.6 Å². The molecule has 2 aliphatic heterocycles. The molecule has 0 N–H and O–H groups in total. The number of hydrogen-bond acceptors (Lipinski definition) is 3. The molecule has 3 nitrogen and oxygen atoms in total. The number of hydrogen-bond donors (Lipinski definition) is 0. The number of rotatable bonds is 5. The smallest absolute Gasteiger partial charge is 0.150 e. The minimum absolute atomic E-state index is 0.0849. The monoisotopic (exact) mass is 314 g/mol. The van der Waals surface area contributed by atoms with E-state index in [1.165, 1.54) is 0 Å². The minimum Gasteiger partial charge on any atom is -0.378 e. The largest absolute Gasteiger partial charge is 0.378 e. The summed E-state index contributed by atoms with van der Waals surface area (Å²) < 4.78 is 28.9. The van der Waals surface area contributed by atoms with E-state index >= 15 is 0 Å². The van der Waals surface area contributed by atoms with E-state index in [0.717, 1.165) is 25.9 Å². The molecule has 2 heterocycles. The molecule has 0 saturated carbocycles. The fourth-order valence-electron chi connectivity index (χ4n) is 3.07. The first-order chi connectivity index (χ1) is 8.51. The van der Waals surface area contributed by atoms with Crippen LogP contribution in [-0.4, -0.2) is 44.4 Å². The number of alkyl halides is 2. The Bertz CT molecular complexity index is 373. The van der Waals surface area contributed by atoms with Crippen LogP contribution >= 0.6 is 23.2 Å². The highest BCUT2D eigenvalue weighted by atomic mass is 35.5. The van der Waals surface area contributed by atoms with Crippen LogP contribution in [0.4, 0.5) is 0 Å². The van der Waals surface area contributed by atoms with Crippen molar-refractivity contribution in [1.82, 2.24) is 0 Å². The second-order valence-electron chi connectivity index (χ2n) is 5.57. The SMILES string of the molecule is O=S1(=O)CCC(C(CCl)(CCl)CC2CCCO2)C1. The normalized spacial score (nSPS) is 31.9. The Balaban J connectivity index is 2.10. The Morgan fingerprint density at radius 1 is 1.22 bits per heavy atom. The van der Waals surface area contributed by atoms with Crippen LogP contribution < -0.4 is 0 Å². The maximum absolute atomic E-state index is 11.6. The molecule has 2 rings (SSSR count). The van der Waals surface area contributed by atoms with Crippen molar-refractivity contribution >= 4 is 33.0 Å².